The third-order valence-electron chi connectivity index (χ3n) is 2.47. The Hall–Kier alpha value is -1.74. The van der Waals surface area contributed by atoms with Crippen molar-refractivity contribution in [3.05, 3.63) is 46.8 Å². The minimum absolute atomic E-state index is 0.0474. The Labute approximate surface area is 127 Å². The highest BCUT2D eigenvalue weighted by atomic mass is 79.9. The van der Waals surface area contributed by atoms with Crippen molar-refractivity contribution in [2.75, 3.05) is 5.32 Å². The molecule has 2 rings (SSSR count). The van der Waals surface area contributed by atoms with E-state index in [-0.39, 0.29) is 11.4 Å². The lowest BCUT2D eigenvalue weighted by atomic mass is 10.3. The number of hydrogen-bond acceptors (Lipinski definition) is 4. The van der Waals surface area contributed by atoms with Gasteiger partial charge in [-0.3, -0.25) is 4.79 Å². The first-order valence-electron chi connectivity index (χ1n) is 5.49. The van der Waals surface area contributed by atoms with Crippen LogP contribution in [0.1, 0.15) is 10.6 Å². The third kappa shape index (κ3) is 3.48. The van der Waals surface area contributed by atoms with Crippen LogP contribution in [0.25, 0.3) is 0 Å². The number of nitrogens with one attached hydrogen (secondary N) is 1. The van der Waals surface area contributed by atoms with Crippen LogP contribution in [0.5, 0.6) is 0 Å². The van der Waals surface area contributed by atoms with Crippen molar-refractivity contribution in [1.29, 1.82) is 0 Å². The van der Waals surface area contributed by atoms with Gasteiger partial charge in [-0.2, -0.15) is 8.78 Å². The molecule has 0 aliphatic carbocycles. The number of carbonyl (C=O) groups is 1. The van der Waals surface area contributed by atoms with E-state index in [0.717, 1.165) is 12.1 Å². The van der Waals surface area contributed by atoms with Crippen molar-refractivity contribution >= 4 is 37.4 Å². The lowest BCUT2D eigenvalue weighted by Gasteiger charge is -2.06. The molecule has 9 heteroatoms. The van der Waals surface area contributed by atoms with Crippen LogP contribution >= 0.6 is 15.9 Å². The molecule has 1 aromatic heterocycles. The number of benzene rings is 1. The Morgan fingerprint density at radius 3 is 2.24 bits per heavy atom. The monoisotopic (exact) mass is 379 g/mol. The molecule has 21 heavy (non-hydrogen) atoms. The highest BCUT2D eigenvalue weighted by molar-refractivity contribution is 9.10. The van der Waals surface area contributed by atoms with Crippen LogP contribution in [0.3, 0.4) is 0 Å². The number of halogens is 3. The van der Waals surface area contributed by atoms with E-state index >= 15 is 0 Å². The number of alkyl halides is 2. The maximum atomic E-state index is 12.4. The van der Waals surface area contributed by atoms with Gasteiger partial charge in [0.2, 0.25) is 9.84 Å². The van der Waals surface area contributed by atoms with E-state index < -0.39 is 26.4 Å². The molecule has 0 unspecified atom stereocenters. The number of furan rings is 1. The Morgan fingerprint density at radius 1 is 1.14 bits per heavy atom. The Bertz CT molecular complexity index is 756. The molecule has 0 atom stereocenters. The zero-order chi connectivity index (χ0) is 15.6. The van der Waals surface area contributed by atoms with E-state index in [1.165, 1.54) is 24.3 Å². The molecule has 1 aromatic carbocycles. The number of rotatable bonds is 4. The Morgan fingerprint density at radius 2 is 1.76 bits per heavy atom. The Kier molecular flexibility index (Phi) is 4.43. The average molecular weight is 380 g/mol. The van der Waals surface area contributed by atoms with Crippen molar-refractivity contribution < 1.29 is 26.4 Å². The zero-order valence-corrected chi connectivity index (χ0v) is 12.6. The van der Waals surface area contributed by atoms with Gasteiger partial charge < -0.3 is 9.73 Å². The highest BCUT2D eigenvalue weighted by Gasteiger charge is 2.26. The minimum atomic E-state index is -4.64. The molecule has 5 nitrogen and oxygen atoms in total. The molecule has 0 bridgehead atoms. The molecular formula is C12H8BrF2NO4S. The molecule has 0 radical (unpaired) electrons. The first-order chi connectivity index (χ1) is 9.80. The van der Waals surface area contributed by atoms with Crippen LogP contribution in [0.15, 0.2) is 50.4 Å². The maximum absolute atomic E-state index is 12.4. The van der Waals surface area contributed by atoms with Crippen LogP contribution < -0.4 is 5.32 Å². The van der Waals surface area contributed by atoms with Gasteiger partial charge in [0.15, 0.2) is 10.4 Å². The van der Waals surface area contributed by atoms with Gasteiger partial charge in [0.05, 0.1) is 4.90 Å². The van der Waals surface area contributed by atoms with Crippen molar-refractivity contribution in [3.63, 3.8) is 0 Å². The standard InChI is InChI=1S/C12H8BrF2NO4S/c13-10-6-5-9(20-10)11(17)16-7-1-3-8(4-2-7)21(18,19)12(14)15/h1-6,12H,(H,16,17). The average Bonchev–Trinajstić information content (AvgIpc) is 2.86. The highest BCUT2D eigenvalue weighted by Crippen LogP contribution is 2.21. The first kappa shape index (κ1) is 15.6. The molecular weight excluding hydrogens is 372 g/mol. The summed E-state index contributed by atoms with van der Waals surface area (Å²) in [6.45, 7) is 0. The van der Waals surface area contributed by atoms with Gasteiger partial charge in [-0.05, 0) is 52.3 Å². The molecule has 0 fully saturated rings. The second-order valence-electron chi connectivity index (χ2n) is 3.89. The van der Waals surface area contributed by atoms with E-state index in [1.807, 2.05) is 0 Å². The quantitative estimate of drug-likeness (QED) is 0.883. The van der Waals surface area contributed by atoms with E-state index in [2.05, 4.69) is 21.2 Å². The summed E-state index contributed by atoms with van der Waals surface area (Å²) in [6.07, 6.45) is 0. The molecule has 0 saturated carbocycles. The summed E-state index contributed by atoms with van der Waals surface area (Å²) in [5, 5.41) is 2.44. The summed E-state index contributed by atoms with van der Waals surface area (Å²) in [6, 6.07) is 7.39. The van der Waals surface area contributed by atoms with Crippen molar-refractivity contribution in [2.45, 2.75) is 10.7 Å². The van der Waals surface area contributed by atoms with Crippen LogP contribution in [0.4, 0.5) is 14.5 Å². The van der Waals surface area contributed by atoms with Crippen molar-refractivity contribution in [2.24, 2.45) is 0 Å². The SMILES string of the molecule is O=C(Nc1ccc(S(=O)(=O)C(F)F)cc1)c1ccc(Br)o1. The van der Waals surface area contributed by atoms with Crippen LogP contribution in [0, 0.1) is 0 Å². The summed E-state index contributed by atoms with van der Waals surface area (Å²) in [7, 11) is -4.64. The van der Waals surface area contributed by atoms with E-state index in [1.54, 1.807) is 0 Å². The number of hydrogen-bond donors (Lipinski definition) is 1. The van der Waals surface area contributed by atoms with Crippen molar-refractivity contribution in [1.82, 2.24) is 0 Å². The zero-order valence-electron chi connectivity index (χ0n) is 10.2. The molecule has 1 amide bonds. The number of amides is 1. The fraction of sp³-hybridized carbons (Fsp3) is 0.0833. The normalized spacial score (nSPS) is 11.6. The summed E-state index contributed by atoms with van der Waals surface area (Å²) in [5.74, 6) is -3.99. The molecule has 0 spiro atoms. The minimum Gasteiger partial charge on any atom is -0.444 e. The van der Waals surface area contributed by atoms with Gasteiger partial charge in [0, 0.05) is 5.69 Å². The maximum Gasteiger partial charge on any atom is 0.341 e. The predicted molar refractivity (Wildman–Crippen MR) is 74.0 cm³/mol. The molecule has 0 aliphatic rings. The molecule has 1 N–H and O–H groups in total. The molecule has 0 saturated heterocycles. The molecule has 2 aromatic rings. The van der Waals surface area contributed by atoms with Gasteiger partial charge in [-0.1, -0.05) is 0 Å². The number of anilines is 1. The van der Waals surface area contributed by atoms with Crippen LogP contribution in [0.2, 0.25) is 0 Å². The van der Waals surface area contributed by atoms with Gasteiger partial charge in [0.1, 0.15) is 0 Å². The van der Waals surface area contributed by atoms with E-state index in [4.69, 9.17) is 4.42 Å². The summed E-state index contributed by atoms with van der Waals surface area (Å²) >= 11 is 3.05. The van der Waals surface area contributed by atoms with Crippen LogP contribution in [-0.4, -0.2) is 20.1 Å². The summed E-state index contributed by atoms with van der Waals surface area (Å²) in [4.78, 5) is 11.2. The molecule has 0 aliphatic heterocycles. The van der Waals surface area contributed by atoms with Gasteiger partial charge in [0.25, 0.3) is 5.91 Å². The van der Waals surface area contributed by atoms with Gasteiger partial charge >= 0.3 is 5.76 Å². The number of carbonyl (C=O) groups excluding carboxylic acids is 1. The number of sulfone groups is 1. The smallest absolute Gasteiger partial charge is 0.341 e. The summed E-state index contributed by atoms with van der Waals surface area (Å²) in [5.41, 5.74) is 0.251. The van der Waals surface area contributed by atoms with Gasteiger partial charge in [-0.15, -0.1) is 0 Å². The third-order valence-corrected chi connectivity index (χ3v) is 4.30. The summed E-state index contributed by atoms with van der Waals surface area (Å²) < 4.78 is 52.6. The second kappa shape index (κ2) is 5.94. The van der Waals surface area contributed by atoms with Gasteiger partial charge in [-0.25, -0.2) is 8.42 Å². The second-order valence-corrected chi connectivity index (χ2v) is 6.59. The first-order valence-corrected chi connectivity index (χ1v) is 7.83. The lowest BCUT2D eigenvalue weighted by Crippen LogP contribution is -2.13. The largest absolute Gasteiger partial charge is 0.444 e. The van der Waals surface area contributed by atoms with E-state index in [9.17, 15) is 22.0 Å². The fourth-order valence-electron chi connectivity index (χ4n) is 1.46. The van der Waals surface area contributed by atoms with Crippen LogP contribution in [-0.2, 0) is 9.84 Å². The predicted octanol–water partition coefficient (Wildman–Crippen LogP) is 3.29. The fourth-order valence-corrected chi connectivity index (χ4v) is 2.49. The van der Waals surface area contributed by atoms with E-state index in [0.29, 0.717) is 4.67 Å². The Balaban J connectivity index is 2.15. The van der Waals surface area contributed by atoms with Crippen molar-refractivity contribution in [3.8, 4) is 0 Å². The molecule has 1 heterocycles. The molecule has 112 valence electrons. The topological polar surface area (TPSA) is 76.4 Å². The lowest BCUT2D eigenvalue weighted by molar-refractivity contribution is 0.0995.